The number of nitrogens with zero attached hydrogens (tertiary/aromatic N) is 1. The van der Waals surface area contributed by atoms with Crippen LogP contribution in [0.25, 0.3) is 0 Å². The highest BCUT2D eigenvalue weighted by Crippen LogP contribution is 2.30. The van der Waals surface area contributed by atoms with Crippen LogP contribution in [0, 0.1) is 18.7 Å². The van der Waals surface area contributed by atoms with Gasteiger partial charge in [-0.05, 0) is 31.0 Å². The summed E-state index contributed by atoms with van der Waals surface area (Å²) in [6.07, 6.45) is -4.21. The van der Waals surface area contributed by atoms with Crippen molar-refractivity contribution in [2.75, 3.05) is 26.2 Å². The number of halogens is 4. The molecule has 1 heterocycles. The highest BCUT2D eigenvalue weighted by atomic mass is 19.4. The molecule has 1 aliphatic heterocycles. The zero-order valence-corrected chi connectivity index (χ0v) is 12.2. The van der Waals surface area contributed by atoms with E-state index in [1.54, 1.807) is 24.0 Å². The Morgan fingerprint density at radius 3 is 2.67 bits per heavy atom. The zero-order chi connectivity index (χ0) is 15.6. The molecule has 0 radical (unpaired) electrons. The first-order chi connectivity index (χ1) is 9.79. The van der Waals surface area contributed by atoms with E-state index in [0.717, 1.165) is 0 Å². The van der Waals surface area contributed by atoms with Crippen molar-refractivity contribution in [2.24, 2.45) is 5.92 Å². The molecule has 1 aromatic carbocycles. The fourth-order valence-corrected chi connectivity index (χ4v) is 2.59. The highest BCUT2D eigenvalue weighted by molar-refractivity contribution is 5.25. The second-order valence-electron chi connectivity index (χ2n) is 5.62. The molecular weight excluding hydrogens is 284 g/mol. The first-order valence-electron chi connectivity index (χ1n) is 7.06. The second kappa shape index (κ2) is 6.32. The van der Waals surface area contributed by atoms with E-state index in [4.69, 9.17) is 0 Å². The molecule has 0 saturated carbocycles. The Kier molecular flexibility index (Phi) is 4.88. The molecule has 0 amide bonds. The van der Waals surface area contributed by atoms with Crippen LogP contribution in [0.2, 0.25) is 0 Å². The number of nitrogens with one attached hydrogen (secondary N) is 1. The molecule has 21 heavy (non-hydrogen) atoms. The summed E-state index contributed by atoms with van der Waals surface area (Å²) in [5.41, 5.74) is 1.25. The number of benzene rings is 1. The molecule has 0 aromatic heterocycles. The molecule has 1 fully saturated rings. The standard InChI is InChI=1S/C15H20F4N2/c1-10-3-4-12(7-14(10)16)11(2)21-6-5-20-8-13(9-21)15(17,18)19/h3-4,7,11,13,20H,5-6,8-9H2,1-2H3. The summed E-state index contributed by atoms with van der Waals surface area (Å²) in [6, 6.07) is 4.62. The summed E-state index contributed by atoms with van der Waals surface area (Å²) in [4.78, 5) is 1.77. The number of hydrogen-bond acceptors (Lipinski definition) is 2. The predicted octanol–water partition coefficient (Wildman–Crippen LogP) is 3.28. The third-order valence-corrected chi connectivity index (χ3v) is 4.11. The molecule has 1 aliphatic rings. The SMILES string of the molecule is Cc1ccc(C(C)N2CCNCC(C(F)(F)F)C2)cc1F. The third kappa shape index (κ3) is 3.95. The van der Waals surface area contributed by atoms with E-state index in [-0.39, 0.29) is 24.9 Å². The molecule has 2 unspecified atom stereocenters. The predicted molar refractivity (Wildman–Crippen MR) is 73.5 cm³/mol. The summed E-state index contributed by atoms with van der Waals surface area (Å²) in [6.45, 7) is 4.39. The van der Waals surface area contributed by atoms with E-state index in [9.17, 15) is 17.6 Å². The Morgan fingerprint density at radius 2 is 2.05 bits per heavy atom. The van der Waals surface area contributed by atoms with Crippen molar-refractivity contribution in [3.63, 3.8) is 0 Å². The van der Waals surface area contributed by atoms with Gasteiger partial charge in [-0.1, -0.05) is 12.1 Å². The molecule has 1 N–H and O–H groups in total. The average molecular weight is 304 g/mol. The van der Waals surface area contributed by atoms with Gasteiger partial charge in [-0.25, -0.2) is 4.39 Å². The monoisotopic (exact) mass is 304 g/mol. The minimum Gasteiger partial charge on any atom is -0.315 e. The van der Waals surface area contributed by atoms with Gasteiger partial charge < -0.3 is 5.32 Å². The summed E-state index contributed by atoms with van der Waals surface area (Å²) >= 11 is 0. The zero-order valence-electron chi connectivity index (χ0n) is 12.2. The lowest BCUT2D eigenvalue weighted by Gasteiger charge is -2.31. The summed E-state index contributed by atoms with van der Waals surface area (Å²) in [5, 5.41) is 2.82. The number of hydrogen-bond donors (Lipinski definition) is 1. The number of rotatable bonds is 2. The maximum Gasteiger partial charge on any atom is 0.394 e. The Morgan fingerprint density at radius 1 is 1.33 bits per heavy atom. The first-order valence-corrected chi connectivity index (χ1v) is 7.06. The van der Waals surface area contributed by atoms with Crippen molar-refractivity contribution in [3.05, 3.63) is 35.1 Å². The van der Waals surface area contributed by atoms with E-state index in [1.807, 2.05) is 6.92 Å². The molecule has 1 aromatic rings. The van der Waals surface area contributed by atoms with Crippen LogP contribution < -0.4 is 5.32 Å². The molecule has 2 rings (SSSR count). The molecule has 118 valence electrons. The van der Waals surface area contributed by atoms with Gasteiger partial charge in [0.1, 0.15) is 5.82 Å². The van der Waals surface area contributed by atoms with Gasteiger partial charge >= 0.3 is 6.18 Å². The van der Waals surface area contributed by atoms with Crippen molar-refractivity contribution in [2.45, 2.75) is 26.1 Å². The van der Waals surface area contributed by atoms with Crippen LogP contribution in [0.5, 0.6) is 0 Å². The number of alkyl halides is 3. The Balaban J connectivity index is 2.16. The minimum absolute atomic E-state index is 0.0605. The summed E-state index contributed by atoms with van der Waals surface area (Å²) in [5.74, 6) is -1.71. The fourth-order valence-electron chi connectivity index (χ4n) is 2.59. The lowest BCUT2D eigenvalue weighted by atomic mass is 10.0. The highest BCUT2D eigenvalue weighted by Gasteiger charge is 2.41. The lowest BCUT2D eigenvalue weighted by Crippen LogP contribution is -2.39. The van der Waals surface area contributed by atoms with Gasteiger partial charge in [0.25, 0.3) is 0 Å². The molecular formula is C15H20F4N2. The second-order valence-corrected chi connectivity index (χ2v) is 5.62. The molecule has 0 spiro atoms. The van der Waals surface area contributed by atoms with Crippen LogP contribution in [0.4, 0.5) is 17.6 Å². The maximum atomic E-state index is 13.6. The van der Waals surface area contributed by atoms with Gasteiger partial charge in [-0.15, -0.1) is 0 Å². The Hall–Kier alpha value is -1.14. The molecule has 0 bridgehead atoms. The van der Waals surface area contributed by atoms with Crippen molar-refractivity contribution in [1.29, 1.82) is 0 Å². The van der Waals surface area contributed by atoms with Gasteiger partial charge in [0, 0.05) is 32.2 Å². The van der Waals surface area contributed by atoms with Crippen LogP contribution in [-0.2, 0) is 0 Å². The van der Waals surface area contributed by atoms with Crippen molar-refractivity contribution in [1.82, 2.24) is 10.2 Å². The molecule has 0 aliphatic carbocycles. The van der Waals surface area contributed by atoms with E-state index in [1.165, 1.54) is 6.07 Å². The summed E-state index contributed by atoms with van der Waals surface area (Å²) < 4.78 is 52.5. The molecule has 2 nitrogen and oxygen atoms in total. The first kappa shape index (κ1) is 16.2. The fraction of sp³-hybridized carbons (Fsp3) is 0.600. The van der Waals surface area contributed by atoms with Crippen molar-refractivity contribution in [3.8, 4) is 0 Å². The maximum absolute atomic E-state index is 13.6. The van der Waals surface area contributed by atoms with E-state index < -0.39 is 12.1 Å². The summed E-state index contributed by atoms with van der Waals surface area (Å²) in [7, 11) is 0. The van der Waals surface area contributed by atoms with Gasteiger partial charge in [0.15, 0.2) is 0 Å². The lowest BCUT2D eigenvalue weighted by molar-refractivity contribution is -0.176. The smallest absolute Gasteiger partial charge is 0.315 e. The van der Waals surface area contributed by atoms with E-state index in [2.05, 4.69) is 5.32 Å². The van der Waals surface area contributed by atoms with E-state index in [0.29, 0.717) is 24.2 Å². The van der Waals surface area contributed by atoms with Gasteiger partial charge in [-0.3, -0.25) is 4.90 Å². The number of aryl methyl sites for hydroxylation is 1. The van der Waals surface area contributed by atoms with Crippen LogP contribution in [0.3, 0.4) is 0 Å². The largest absolute Gasteiger partial charge is 0.394 e. The average Bonchev–Trinajstić information content (AvgIpc) is 2.66. The topological polar surface area (TPSA) is 15.3 Å². The normalized spacial score (nSPS) is 22.9. The molecule has 1 saturated heterocycles. The van der Waals surface area contributed by atoms with Gasteiger partial charge in [-0.2, -0.15) is 13.2 Å². The van der Waals surface area contributed by atoms with Crippen LogP contribution >= 0.6 is 0 Å². The van der Waals surface area contributed by atoms with Crippen LogP contribution in [-0.4, -0.2) is 37.3 Å². The van der Waals surface area contributed by atoms with Crippen molar-refractivity contribution >= 4 is 0 Å². The third-order valence-electron chi connectivity index (χ3n) is 4.11. The van der Waals surface area contributed by atoms with Crippen LogP contribution in [0.1, 0.15) is 24.1 Å². The Bertz CT molecular complexity index is 487. The quantitative estimate of drug-likeness (QED) is 0.844. The van der Waals surface area contributed by atoms with Crippen LogP contribution in [0.15, 0.2) is 18.2 Å². The Labute approximate surface area is 122 Å². The molecule has 2 atom stereocenters. The van der Waals surface area contributed by atoms with Gasteiger partial charge in [0.05, 0.1) is 5.92 Å². The van der Waals surface area contributed by atoms with Crippen molar-refractivity contribution < 1.29 is 17.6 Å². The molecule has 6 heteroatoms. The minimum atomic E-state index is -4.21. The van der Waals surface area contributed by atoms with Gasteiger partial charge in [0.2, 0.25) is 0 Å². The van der Waals surface area contributed by atoms with E-state index >= 15 is 0 Å².